The summed E-state index contributed by atoms with van der Waals surface area (Å²) in [5, 5.41) is 1.93. The summed E-state index contributed by atoms with van der Waals surface area (Å²) in [6, 6.07) is 9.01. The van der Waals surface area contributed by atoms with Gasteiger partial charge in [-0.25, -0.2) is 0 Å². The smallest absolute Gasteiger partial charge is 0.244 e. The van der Waals surface area contributed by atoms with Crippen molar-refractivity contribution in [2.45, 2.75) is 12.5 Å². The normalized spacial score (nSPS) is 12.1. The predicted molar refractivity (Wildman–Crippen MR) is 76.8 cm³/mol. The molecule has 0 bridgehead atoms. The van der Waals surface area contributed by atoms with Crippen LogP contribution in [0.4, 0.5) is 0 Å². The van der Waals surface area contributed by atoms with Crippen LogP contribution < -0.4 is 5.73 Å². The van der Waals surface area contributed by atoms with E-state index >= 15 is 0 Å². The fraction of sp³-hybridized carbons (Fsp3) is 0.286. The molecule has 1 amide bonds. The zero-order chi connectivity index (χ0) is 13.7. The SMILES string of the molecule is CN(CCc1ccccn1)C(=O)C(N)c1cccs1. The third-order valence-corrected chi connectivity index (χ3v) is 3.88. The number of aromatic nitrogens is 1. The Morgan fingerprint density at radius 2 is 2.26 bits per heavy atom. The largest absolute Gasteiger partial charge is 0.344 e. The second-order valence-corrected chi connectivity index (χ2v) is 5.30. The molecular weight excluding hydrogens is 258 g/mol. The van der Waals surface area contributed by atoms with E-state index in [2.05, 4.69) is 4.98 Å². The molecule has 2 heterocycles. The van der Waals surface area contributed by atoms with Gasteiger partial charge in [-0.15, -0.1) is 11.3 Å². The van der Waals surface area contributed by atoms with E-state index in [0.29, 0.717) is 6.54 Å². The summed E-state index contributed by atoms with van der Waals surface area (Å²) in [6.45, 7) is 0.620. The third kappa shape index (κ3) is 3.62. The number of amides is 1. The van der Waals surface area contributed by atoms with Gasteiger partial charge in [-0.1, -0.05) is 12.1 Å². The highest BCUT2D eigenvalue weighted by molar-refractivity contribution is 7.10. The van der Waals surface area contributed by atoms with Crippen molar-refractivity contribution < 1.29 is 4.79 Å². The molecule has 2 aromatic heterocycles. The molecule has 0 aliphatic heterocycles. The average Bonchev–Trinajstić information content (AvgIpc) is 2.98. The van der Waals surface area contributed by atoms with Crippen molar-refractivity contribution in [1.29, 1.82) is 0 Å². The zero-order valence-electron chi connectivity index (χ0n) is 10.8. The number of carbonyl (C=O) groups excluding carboxylic acids is 1. The molecule has 100 valence electrons. The van der Waals surface area contributed by atoms with E-state index in [1.807, 2.05) is 35.7 Å². The molecule has 0 fully saturated rings. The van der Waals surface area contributed by atoms with Gasteiger partial charge in [0.05, 0.1) is 0 Å². The summed E-state index contributed by atoms with van der Waals surface area (Å²) in [7, 11) is 1.78. The van der Waals surface area contributed by atoms with Crippen LogP contribution in [0.5, 0.6) is 0 Å². The molecule has 0 aliphatic carbocycles. The summed E-state index contributed by atoms with van der Waals surface area (Å²) < 4.78 is 0. The first-order chi connectivity index (χ1) is 9.18. The second-order valence-electron chi connectivity index (χ2n) is 4.32. The Labute approximate surface area is 116 Å². The molecule has 0 aromatic carbocycles. The molecule has 19 heavy (non-hydrogen) atoms. The Bertz CT molecular complexity index is 513. The van der Waals surface area contributed by atoms with Crippen molar-refractivity contribution in [3.05, 3.63) is 52.5 Å². The highest BCUT2D eigenvalue weighted by Gasteiger charge is 2.20. The minimum atomic E-state index is -0.561. The Morgan fingerprint density at radius 3 is 2.89 bits per heavy atom. The van der Waals surface area contributed by atoms with Crippen LogP contribution in [0.1, 0.15) is 16.6 Å². The zero-order valence-corrected chi connectivity index (χ0v) is 11.6. The Balaban J connectivity index is 1.89. The summed E-state index contributed by atoms with van der Waals surface area (Å²) >= 11 is 1.51. The van der Waals surface area contributed by atoms with Gasteiger partial charge in [0.25, 0.3) is 0 Å². The van der Waals surface area contributed by atoms with Crippen LogP contribution in [0.15, 0.2) is 41.9 Å². The van der Waals surface area contributed by atoms with E-state index in [-0.39, 0.29) is 5.91 Å². The molecule has 0 saturated heterocycles. The van der Waals surface area contributed by atoms with E-state index in [9.17, 15) is 4.79 Å². The van der Waals surface area contributed by atoms with E-state index in [4.69, 9.17) is 5.73 Å². The fourth-order valence-electron chi connectivity index (χ4n) is 1.77. The molecule has 0 aliphatic rings. The van der Waals surface area contributed by atoms with Gasteiger partial charge < -0.3 is 10.6 Å². The van der Waals surface area contributed by atoms with Crippen LogP contribution in [-0.2, 0) is 11.2 Å². The van der Waals surface area contributed by atoms with Crippen molar-refractivity contribution in [2.75, 3.05) is 13.6 Å². The quantitative estimate of drug-likeness (QED) is 0.906. The van der Waals surface area contributed by atoms with Crippen LogP contribution in [0.3, 0.4) is 0 Å². The number of hydrogen-bond donors (Lipinski definition) is 1. The summed E-state index contributed by atoms with van der Waals surface area (Å²) in [5.74, 6) is -0.0571. The van der Waals surface area contributed by atoms with E-state index < -0.39 is 6.04 Å². The maximum atomic E-state index is 12.1. The van der Waals surface area contributed by atoms with Gasteiger partial charge in [0.15, 0.2) is 0 Å². The standard InChI is InChI=1S/C14H17N3OS/c1-17(9-7-11-5-2-3-8-16-11)14(18)13(15)12-6-4-10-19-12/h2-6,8,10,13H,7,9,15H2,1H3. The van der Waals surface area contributed by atoms with Gasteiger partial charge in [0.2, 0.25) is 5.91 Å². The van der Waals surface area contributed by atoms with Crippen LogP contribution in [0.25, 0.3) is 0 Å². The molecule has 0 saturated carbocycles. The molecule has 1 atom stereocenters. The Morgan fingerprint density at radius 1 is 1.42 bits per heavy atom. The van der Waals surface area contributed by atoms with Crippen LogP contribution in [-0.4, -0.2) is 29.4 Å². The van der Waals surface area contributed by atoms with E-state index in [0.717, 1.165) is 17.0 Å². The minimum Gasteiger partial charge on any atom is -0.344 e. The summed E-state index contributed by atoms with van der Waals surface area (Å²) in [6.07, 6.45) is 2.49. The summed E-state index contributed by atoms with van der Waals surface area (Å²) in [5.41, 5.74) is 6.93. The number of likely N-dealkylation sites (N-methyl/N-ethyl adjacent to an activating group) is 1. The first kappa shape index (κ1) is 13.7. The van der Waals surface area contributed by atoms with Crippen molar-refractivity contribution >= 4 is 17.2 Å². The molecule has 4 nitrogen and oxygen atoms in total. The molecule has 0 spiro atoms. The van der Waals surface area contributed by atoms with Crippen molar-refractivity contribution in [3.63, 3.8) is 0 Å². The van der Waals surface area contributed by atoms with E-state index in [1.165, 1.54) is 11.3 Å². The number of carbonyl (C=O) groups is 1. The van der Waals surface area contributed by atoms with Gasteiger partial charge in [-0.2, -0.15) is 0 Å². The fourth-order valence-corrected chi connectivity index (χ4v) is 2.48. The highest BCUT2D eigenvalue weighted by atomic mass is 32.1. The molecule has 2 rings (SSSR count). The number of pyridine rings is 1. The lowest BCUT2D eigenvalue weighted by Crippen LogP contribution is -2.36. The number of rotatable bonds is 5. The first-order valence-electron chi connectivity index (χ1n) is 6.12. The molecule has 5 heteroatoms. The van der Waals surface area contributed by atoms with Crippen LogP contribution in [0.2, 0.25) is 0 Å². The lowest BCUT2D eigenvalue weighted by Gasteiger charge is -2.20. The number of nitrogens with two attached hydrogens (primary N) is 1. The average molecular weight is 275 g/mol. The van der Waals surface area contributed by atoms with Crippen molar-refractivity contribution in [1.82, 2.24) is 9.88 Å². The molecule has 2 aromatic rings. The van der Waals surface area contributed by atoms with Gasteiger partial charge in [-0.3, -0.25) is 9.78 Å². The maximum absolute atomic E-state index is 12.1. The minimum absolute atomic E-state index is 0.0571. The summed E-state index contributed by atoms with van der Waals surface area (Å²) in [4.78, 5) is 19.0. The lowest BCUT2D eigenvalue weighted by molar-refractivity contribution is -0.131. The molecule has 2 N–H and O–H groups in total. The molecular formula is C14H17N3OS. The van der Waals surface area contributed by atoms with Gasteiger partial charge in [0, 0.05) is 36.8 Å². The Hall–Kier alpha value is -1.72. The number of thiophene rings is 1. The lowest BCUT2D eigenvalue weighted by atomic mass is 10.2. The molecule has 1 unspecified atom stereocenters. The van der Waals surface area contributed by atoms with Crippen molar-refractivity contribution in [3.8, 4) is 0 Å². The number of hydrogen-bond acceptors (Lipinski definition) is 4. The first-order valence-corrected chi connectivity index (χ1v) is 7.00. The maximum Gasteiger partial charge on any atom is 0.244 e. The topological polar surface area (TPSA) is 59.2 Å². The molecule has 0 radical (unpaired) electrons. The third-order valence-electron chi connectivity index (χ3n) is 2.92. The van der Waals surface area contributed by atoms with Crippen LogP contribution in [0, 0.1) is 0 Å². The van der Waals surface area contributed by atoms with E-state index in [1.54, 1.807) is 18.1 Å². The predicted octanol–water partition coefficient (Wildman–Crippen LogP) is 1.84. The van der Waals surface area contributed by atoms with Gasteiger partial charge >= 0.3 is 0 Å². The highest BCUT2D eigenvalue weighted by Crippen LogP contribution is 2.18. The van der Waals surface area contributed by atoms with Crippen molar-refractivity contribution in [2.24, 2.45) is 5.73 Å². The monoisotopic (exact) mass is 275 g/mol. The van der Waals surface area contributed by atoms with Crippen LogP contribution >= 0.6 is 11.3 Å². The van der Waals surface area contributed by atoms with Gasteiger partial charge in [-0.05, 0) is 23.6 Å². The van der Waals surface area contributed by atoms with Gasteiger partial charge in [0.1, 0.15) is 6.04 Å². The second kappa shape index (κ2) is 6.45. The number of nitrogens with zero attached hydrogens (tertiary/aromatic N) is 2. The Kier molecular flexibility index (Phi) is 4.65.